The minimum absolute atomic E-state index is 0.0443. The molecular formula is C19H26N4O5. The van der Waals surface area contributed by atoms with Crippen LogP contribution in [0.15, 0.2) is 24.3 Å². The van der Waals surface area contributed by atoms with Crippen molar-refractivity contribution >= 4 is 35.1 Å². The van der Waals surface area contributed by atoms with Gasteiger partial charge in [-0.15, -0.1) is 0 Å². The van der Waals surface area contributed by atoms with E-state index < -0.39 is 12.0 Å². The molecule has 1 aliphatic heterocycles. The van der Waals surface area contributed by atoms with Crippen molar-refractivity contribution in [3.8, 4) is 0 Å². The van der Waals surface area contributed by atoms with Gasteiger partial charge in [-0.2, -0.15) is 0 Å². The van der Waals surface area contributed by atoms with Gasteiger partial charge in [0.25, 0.3) is 0 Å². The van der Waals surface area contributed by atoms with E-state index in [1.807, 2.05) is 6.92 Å². The average Bonchev–Trinajstić information content (AvgIpc) is 2.66. The highest BCUT2D eigenvalue weighted by Gasteiger charge is 2.34. The lowest BCUT2D eigenvalue weighted by molar-refractivity contribution is -0.151. The van der Waals surface area contributed by atoms with Crippen LogP contribution in [-0.4, -0.2) is 60.9 Å². The van der Waals surface area contributed by atoms with Gasteiger partial charge in [0, 0.05) is 31.4 Å². The van der Waals surface area contributed by atoms with E-state index in [1.54, 1.807) is 24.3 Å². The lowest BCUT2D eigenvalue weighted by atomic mass is 10.1. The Labute approximate surface area is 163 Å². The van der Waals surface area contributed by atoms with E-state index in [0.717, 1.165) is 0 Å². The first-order valence-electron chi connectivity index (χ1n) is 9.25. The van der Waals surface area contributed by atoms with E-state index in [2.05, 4.69) is 16.0 Å². The highest BCUT2D eigenvalue weighted by atomic mass is 16.5. The summed E-state index contributed by atoms with van der Waals surface area (Å²) in [6.45, 7) is 4.19. The lowest BCUT2D eigenvalue weighted by Gasteiger charge is -2.34. The van der Waals surface area contributed by atoms with Gasteiger partial charge in [0.05, 0.1) is 19.6 Å². The summed E-state index contributed by atoms with van der Waals surface area (Å²) in [5, 5.41) is 8.33. The van der Waals surface area contributed by atoms with Crippen molar-refractivity contribution in [3.63, 3.8) is 0 Å². The van der Waals surface area contributed by atoms with Gasteiger partial charge in [-0.25, -0.2) is 0 Å². The molecule has 0 spiro atoms. The summed E-state index contributed by atoms with van der Waals surface area (Å²) in [4.78, 5) is 49.3. The molecule has 0 aromatic heterocycles. The molecule has 0 radical (unpaired) electrons. The molecule has 0 bridgehead atoms. The zero-order chi connectivity index (χ0) is 20.5. The minimum atomic E-state index is -0.877. The van der Waals surface area contributed by atoms with Crippen LogP contribution in [0, 0.1) is 0 Å². The van der Waals surface area contributed by atoms with Crippen LogP contribution < -0.4 is 16.0 Å². The third-order valence-electron chi connectivity index (χ3n) is 4.11. The quantitative estimate of drug-likeness (QED) is 0.564. The normalized spacial score (nSPS) is 16.1. The number of rotatable bonds is 8. The number of carbonyl (C=O) groups excluding carboxylic acids is 4. The molecule has 28 heavy (non-hydrogen) atoms. The molecule has 1 saturated heterocycles. The van der Waals surface area contributed by atoms with Gasteiger partial charge in [-0.3, -0.25) is 19.2 Å². The number of piperazine rings is 1. The molecule has 9 nitrogen and oxygen atoms in total. The molecule has 1 fully saturated rings. The predicted molar refractivity (Wildman–Crippen MR) is 104 cm³/mol. The molecule has 1 aromatic rings. The molecule has 1 aromatic carbocycles. The molecule has 1 unspecified atom stereocenters. The van der Waals surface area contributed by atoms with Gasteiger partial charge >= 0.3 is 5.97 Å². The maximum atomic E-state index is 12.6. The molecule has 1 atom stereocenters. The van der Waals surface area contributed by atoms with Crippen LogP contribution in [0.5, 0.6) is 0 Å². The number of hydrogen-bond acceptors (Lipinski definition) is 6. The Morgan fingerprint density at radius 1 is 1.29 bits per heavy atom. The van der Waals surface area contributed by atoms with Gasteiger partial charge in [-0.05, 0) is 24.6 Å². The van der Waals surface area contributed by atoms with Crippen LogP contribution in [-0.2, 0) is 23.9 Å². The van der Waals surface area contributed by atoms with Crippen LogP contribution in [0.1, 0.15) is 26.7 Å². The lowest BCUT2D eigenvalue weighted by Crippen LogP contribution is -2.58. The third-order valence-corrected chi connectivity index (χ3v) is 4.11. The van der Waals surface area contributed by atoms with Gasteiger partial charge < -0.3 is 25.6 Å². The van der Waals surface area contributed by atoms with E-state index in [0.29, 0.717) is 30.9 Å². The smallest absolute Gasteiger partial charge is 0.308 e. The second kappa shape index (κ2) is 10.3. The van der Waals surface area contributed by atoms with E-state index >= 15 is 0 Å². The standard InChI is InChI=1S/C19H26N4O5/c1-3-9-28-18(26)11-16-19(27)20-7-8-23(16)17(25)12-21-14-5-4-6-15(10-14)22-13(2)24/h4-6,10,16,21H,3,7-9,11-12H2,1-2H3,(H,20,27)(H,22,24). The summed E-state index contributed by atoms with van der Waals surface area (Å²) in [6, 6.07) is 6.08. The summed E-state index contributed by atoms with van der Waals surface area (Å²) in [6.07, 6.45) is 0.516. The molecular weight excluding hydrogens is 364 g/mol. The zero-order valence-electron chi connectivity index (χ0n) is 16.1. The second-order valence-electron chi connectivity index (χ2n) is 6.43. The fraction of sp³-hybridized carbons (Fsp3) is 0.474. The van der Waals surface area contributed by atoms with Crippen LogP contribution in [0.2, 0.25) is 0 Å². The fourth-order valence-corrected chi connectivity index (χ4v) is 2.84. The van der Waals surface area contributed by atoms with Crippen molar-refractivity contribution in [3.05, 3.63) is 24.3 Å². The van der Waals surface area contributed by atoms with E-state index in [1.165, 1.54) is 11.8 Å². The maximum Gasteiger partial charge on any atom is 0.308 e. The van der Waals surface area contributed by atoms with Crippen LogP contribution >= 0.6 is 0 Å². The average molecular weight is 390 g/mol. The first-order valence-corrected chi connectivity index (χ1v) is 9.25. The van der Waals surface area contributed by atoms with Gasteiger partial charge in [0.1, 0.15) is 6.04 Å². The Kier molecular flexibility index (Phi) is 7.79. The number of nitrogens with one attached hydrogen (secondary N) is 3. The molecule has 3 amide bonds. The number of esters is 1. The molecule has 3 N–H and O–H groups in total. The third kappa shape index (κ3) is 6.26. The number of benzene rings is 1. The summed E-state index contributed by atoms with van der Waals surface area (Å²) in [5.41, 5.74) is 1.26. The largest absolute Gasteiger partial charge is 0.466 e. The van der Waals surface area contributed by atoms with E-state index in [9.17, 15) is 19.2 Å². The molecule has 1 heterocycles. The Hall–Kier alpha value is -3.10. The summed E-state index contributed by atoms with van der Waals surface area (Å²) in [7, 11) is 0. The Bertz CT molecular complexity index is 737. The minimum Gasteiger partial charge on any atom is -0.466 e. The maximum absolute atomic E-state index is 12.6. The Balaban J connectivity index is 1.97. The number of ether oxygens (including phenoxy) is 1. The highest BCUT2D eigenvalue weighted by molar-refractivity contribution is 5.93. The van der Waals surface area contributed by atoms with Crippen molar-refractivity contribution in [1.29, 1.82) is 0 Å². The Morgan fingerprint density at radius 2 is 2.04 bits per heavy atom. The topological polar surface area (TPSA) is 117 Å². The number of carbonyl (C=O) groups is 4. The summed E-state index contributed by atoms with van der Waals surface area (Å²) < 4.78 is 5.04. The first kappa shape index (κ1) is 21.2. The monoisotopic (exact) mass is 390 g/mol. The van der Waals surface area contributed by atoms with Gasteiger partial charge in [-0.1, -0.05) is 13.0 Å². The molecule has 0 saturated carbocycles. The Morgan fingerprint density at radius 3 is 2.75 bits per heavy atom. The number of amides is 3. The predicted octanol–water partition coefficient (Wildman–Crippen LogP) is 0.727. The molecule has 152 valence electrons. The van der Waals surface area contributed by atoms with E-state index in [4.69, 9.17) is 4.74 Å². The van der Waals surface area contributed by atoms with E-state index in [-0.39, 0.29) is 37.3 Å². The highest BCUT2D eigenvalue weighted by Crippen LogP contribution is 2.16. The fourth-order valence-electron chi connectivity index (χ4n) is 2.84. The molecule has 0 aliphatic carbocycles. The number of nitrogens with zero attached hydrogens (tertiary/aromatic N) is 1. The van der Waals surface area contributed by atoms with Crippen LogP contribution in [0.4, 0.5) is 11.4 Å². The van der Waals surface area contributed by atoms with Gasteiger partial charge in [0.15, 0.2) is 0 Å². The van der Waals surface area contributed by atoms with Crippen molar-refractivity contribution in [2.24, 2.45) is 0 Å². The van der Waals surface area contributed by atoms with Crippen molar-refractivity contribution in [2.75, 3.05) is 36.9 Å². The first-order chi connectivity index (χ1) is 13.4. The molecule has 1 aliphatic rings. The second-order valence-corrected chi connectivity index (χ2v) is 6.43. The number of anilines is 2. The van der Waals surface area contributed by atoms with Crippen LogP contribution in [0.25, 0.3) is 0 Å². The SMILES string of the molecule is CCCOC(=O)CC1C(=O)NCCN1C(=O)CNc1cccc(NC(C)=O)c1. The van der Waals surface area contributed by atoms with Gasteiger partial charge in [0.2, 0.25) is 17.7 Å². The number of hydrogen-bond donors (Lipinski definition) is 3. The van der Waals surface area contributed by atoms with Crippen LogP contribution in [0.3, 0.4) is 0 Å². The van der Waals surface area contributed by atoms with Crippen molar-refractivity contribution in [2.45, 2.75) is 32.7 Å². The molecule has 2 rings (SSSR count). The summed E-state index contributed by atoms with van der Waals surface area (Å²) in [5.74, 6) is -1.35. The van der Waals surface area contributed by atoms with Crippen molar-refractivity contribution < 1.29 is 23.9 Å². The molecule has 9 heteroatoms. The van der Waals surface area contributed by atoms with Crippen molar-refractivity contribution in [1.82, 2.24) is 10.2 Å². The summed E-state index contributed by atoms with van der Waals surface area (Å²) >= 11 is 0. The zero-order valence-corrected chi connectivity index (χ0v) is 16.1.